The van der Waals surface area contributed by atoms with Crippen molar-refractivity contribution < 1.29 is 10.2 Å². The smallest absolute Gasteiger partial charge is 0.160 e. The lowest BCUT2D eigenvalue weighted by Gasteiger charge is -2.04. The first-order valence-corrected chi connectivity index (χ1v) is 4.85. The Labute approximate surface area is 82.8 Å². The molecule has 0 spiro atoms. The third kappa shape index (κ3) is 2.81. The number of aromatic hydroxyl groups is 2. The number of benzene rings is 1. The number of rotatable bonds is 4. The minimum atomic E-state index is -0.0524. The van der Waals surface area contributed by atoms with Crippen LogP contribution in [-0.2, 0) is 6.42 Å². The summed E-state index contributed by atoms with van der Waals surface area (Å²) in [7, 11) is 0. The Hall–Kier alpha value is -0.890. The third-order valence-corrected chi connectivity index (χ3v) is 2.20. The Morgan fingerprint density at radius 2 is 1.92 bits per heavy atom. The van der Waals surface area contributed by atoms with Crippen LogP contribution in [0, 0.1) is 0 Å². The van der Waals surface area contributed by atoms with Crippen molar-refractivity contribution >= 4 is 11.6 Å². The van der Waals surface area contributed by atoms with Crippen molar-refractivity contribution in [2.24, 2.45) is 0 Å². The molecule has 2 N–H and O–H groups in total. The van der Waals surface area contributed by atoms with Gasteiger partial charge in [-0.15, -0.1) is 11.6 Å². The van der Waals surface area contributed by atoms with Crippen molar-refractivity contribution in [3.05, 3.63) is 23.8 Å². The number of phenolic OH excluding ortho intramolecular Hbond substituents is 2. The Morgan fingerprint density at radius 1 is 1.15 bits per heavy atom. The molecule has 3 heteroatoms. The molecule has 0 aromatic heterocycles. The van der Waals surface area contributed by atoms with Crippen LogP contribution >= 0.6 is 11.6 Å². The van der Waals surface area contributed by atoms with Gasteiger partial charge in [0.15, 0.2) is 11.5 Å². The van der Waals surface area contributed by atoms with Crippen molar-refractivity contribution in [3.63, 3.8) is 0 Å². The zero-order valence-electron chi connectivity index (χ0n) is 7.33. The lowest BCUT2D eigenvalue weighted by atomic mass is 10.1. The monoisotopic (exact) mass is 200 g/mol. The Balaban J connectivity index is 2.61. The molecule has 1 aromatic carbocycles. The fourth-order valence-electron chi connectivity index (χ4n) is 1.19. The first-order valence-electron chi connectivity index (χ1n) is 4.31. The topological polar surface area (TPSA) is 40.5 Å². The van der Waals surface area contributed by atoms with Gasteiger partial charge in [0.1, 0.15) is 0 Å². The summed E-state index contributed by atoms with van der Waals surface area (Å²) in [5.74, 6) is 0.583. The number of halogens is 1. The number of hydrogen-bond acceptors (Lipinski definition) is 2. The van der Waals surface area contributed by atoms with Crippen molar-refractivity contribution in [2.75, 3.05) is 5.88 Å². The van der Waals surface area contributed by atoms with E-state index >= 15 is 0 Å². The molecule has 0 saturated carbocycles. The standard InChI is InChI=1S/C10H13ClO2/c11-7-2-1-4-8-5-3-6-9(12)10(8)13/h3,5-6,12-13H,1-2,4,7H2. The first-order chi connectivity index (χ1) is 6.25. The molecule has 0 aliphatic carbocycles. The average molecular weight is 201 g/mol. The summed E-state index contributed by atoms with van der Waals surface area (Å²) in [6.45, 7) is 0. The zero-order valence-corrected chi connectivity index (χ0v) is 8.09. The molecule has 1 rings (SSSR count). The van der Waals surface area contributed by atoms with E-state index in [1.807, 2.05) is 6.07 Å². The number of alkyl halides is 1. The van der Waals surface area contributed by atoms with E-state index in [0.717, 1.165) is 24.8 Å². The van der Waals surface area contributed by atoms with Gasteiger partial charge >= 0.3 is 0 Å². The minimum absolute atomic E-state index is 0.00271. The number of aryl methyl sites for hydroxylation is 1. The zero-order chi connectivity index (χ0) is 9.68. The van der Waals surface area contributed by atoms with E-state index in [9.17, 15) is 10.2 Å². The maximum Gasteiger partial charge on any atom is 0.160 e. The molecule has 2 nitrogen and oxygen atoms in total. The van der Waals surface area contributed by atoms with Crippen molar-refractivity contribution in [1.29, 1.82) is 0 Å². The van der Waals surface area contributed by atoms with Gasteiger partial charge in [-0.2, -0.15) is 0 Å². The number of para-hydroxylation sites is 1. The predicted molar refractivity (Wildman–Crippen MR) is 53.4 cm³/mol. The number of phenols is 2. The number of hydrogen-bond donors (Lipinski definition) is 2. The van der Waals surface area contributed by atoms with Crippen molar-refractivity contribution in [1.82, 2.24) is 0 Å². The predicted octanol–water partition coefficient (Wildman–Crippen LogP) is 2.66. The molecule has 0 aliphatic heterocycles. The van der Waals surface area contributed by atoms with Gasteiger partial charge in [-0.1, -0.05) is 12.1 Å². The maximum absolute atomic E-state index is 9.41. The van der Waals surface area contributed by atoms with E-state index < -0.39 is 0 Å². The van der Waals surface area contributed by atoms with Gasteiger partial charge < -0.3 is 10.2 Å². The van der Waals surface area contributed by atoms with Gasteiger partial charge in [0.25, 0.3) is 0 Å². The van der Waals surface area contributed by atoms with Crippen LogP contribution in [0.4, 0.5) is 0 Å². The van der Waals surface area contributed by atoms with Crippen LogP contribution in [0.25, 0.3) is 0 Å². The third-order valence-electron chi connectivity index (χ3n) is 1.93. The molecule has 0 saturated heterocycles. The molecule has 0 bridgehead atoms. The molecule has 1 aromatic rings. The summed E-state index contributed by atoms with van der Waals surface area (Å²) in [6.07, 6.45) is 2.62. The fourth-order valence-corrected chi connectivity index (χ4v) is 1.38. The highest BCUT2D eigenvalue weighted by molar-refractivity contribution is 6.17. The van der Waals surface area contributed by atoms with Gasteiger partial charge in [0.05, 0.1) is 0 Å². The van der Waals surface area contributed by atoms with E-state index in [0.29, 0.717) is 5.88 Å². The Bertz CT molecular complexity index is 274. The first kappa shape index (κ1) is 10.2. The summed E-state index contributed by atoms with van der Waals surface area (Å²) in [5.41, 5.74) is 0.783. The highest BCUT2D eigenvalue weighted by atomic mass is 35.5. The highest BCUT2D eigenvalue weighted by Gasteiger charge is 2.04. The summed E-state index contributed by atoms with van der Waals surface area (Å²) in [5, 5.41) is 18.6. The maximum atomic E-state index is 9.41. The lowest BCUT2D eigenvalue weighted by Crippen LogP contribution is -1.87. The molecular formula is C10H13ClO2. The van der Waals surface area contributed by atoms with Crippen LogP contribution in [0.1, 0.15) is 18.4 Å². The fraction of sp³-hybridized carbons (Fsp3) is 0.400. The summed E-state index contributed by atoms with van der Waals surface area (Å²) >= 11 is 5.53. The summed E-state index contributed by atoms with van der Waals surface area (Å²) < 4.78 is 0. The lowest BCUT2D eigenvalue weighted by molar-refractivity contribution is 0.399. The van der Waals surface area contributed by atoms with Crippen LogP contribution < -0.4 is 0 Å². The number of unbranched alkanes of at least 4 members (excludes halogenated alkanes) is 1. The van der Waals surface area contributed by atoms with Crippen LogP contribution in [0.5, 0.6) is 11.5 Å². The van der Waals surface area contributed by atoms with E-state index in [2.05, 4.69) is 0 Å². The molecule has 0 fully saturated rings. The van der Waals surface area contributed by atoms with Crippen molar-refractivity contribution in [3.8, 4) is 11.5 Å². The quantitative estimate of drug-likeness (QED) is 0.446. The molecule has 0 radical (unpaired) electrons. The second-order valence-corrected chi connectivity index (χ2v) is 3.31. The van der Waals surface area contributed by atoms with E-state index in [4.69, 9.17) is 11.6 Å². The Kier molecular flexibility index (Phi) is 3.90. The highest BCUT2D eigenvalue weighted by Crippen LogP contribution is 2.29. The summed E-state index contributed by atoms with van der Waals surface area (Å²) in [4.78, 5) is 0. The van der Waals surface area contributed by atoms with E-state index in [-0.39, 0.29) is 11.5 Å². The van der Waals surface area contributed by atoms with Crippen LogP contribution in [0.3, 0.4) is 0 Å². The SMILES string of the molecule is Oc1cccc(CCCCCl)c1O. The Morgan fingerprint density at radius 3 is 2.62 bits per heavy atom. The van der Waals surface area contributed by atoms with Crippen molar-refractivity contribution in [2.45, 2.75) is 19.3 Å². The average Bonchev–Trinajstić information content (AvgIpc) is 2.13. The summed E-state index contributed by atoms with van der Waals surface area (Å²) in [6, 6.07) is 5.01. The van der Waals surface area contributed by atoms with E-state index in [1.165, 1.54) is 6.07 Å². The molecule has 0 amide bonds. The second-order valence-electron chi connectivity index (χ2n) is 2.93. The molecule has 0 atom stereocenters. The second kappa shape index (κ2) is 4.97. The molecule has 72 valence electrons. The van der Waals surface area contributed by atoms with Crippen LogP contribution in [-0.4, -0.2) is 16.1 Å². The largest absolute Gasteiger partial charge is 0.504 e. The minimum Gasteiger partial charge on any atom is -0.504 e. The van der Waals surface area contributed by atoms with Gasteiger partial charge in [-0.3, -0.25) is 0 Å². The van der Waals surface area contributed by atoms with E-state index in [1.54, 1.807) is 6.07 Å². The molecule has 0 unspecified atom stereocenters. The van der Waals surface area contributed by atoms with Crippen LogP contribution in [0.15, 0.2) is 18.2 Å². The molecule has 13 heavy (non-hydrogen) atoms. The molecular weight excluding hydrogens is 188 g/mol. The van der Waals surface area contributed by atoms with Gasteiger partial charge in [-0.25, -0.2) is 0 Å². The van der Waals surface area contributed by atoms with Crippen LogP contribution in [0.2, 0.25) is 0 Å². The van der Waals surface area contributed by atoms with Gasteiger partial charge in [-0.05, 0) is 30.9 Å². The molecule has 0 aliphatic rings. The van der Waals surface area contributed by atoms with Gasteiger partial charge in [0, 0.05) is 5.88 Å². The normalized spacial score (nSPS) is 10.2. The molecule has 0 heterocycles. The van der Waals surface area contributed by atoms with Gasteiger partial charge in [0.2, 0.25) is 0 Å².